The summed E-state index contributed by atoms with van der Waals surface area (Å²) in [5.41, 5.74) is 0.314. The van der Waals surface area contributed by atoms with Gasteiger partial charge in [-0.15, -0.1) is 0 Å². The van der Waals surface area contributed by atoms with Crippen LogP contribution in [0.3, 0.4) is 0 Å². The molecule has 1 heterocycles. The summed E-state index contributed by atoms with van der Waals surface area (Å²) in [4.78, 5) is 16.3. The molecule has 1 amide bonds. The summed E-state index contributed by atoms with van der Waals surface area (Å²) < 4.78 is 5.02. The number of carbonyl (C=O) groups excluding carboxylic acids is 1. The predicted octanol–water partition coefficient (Wildman–Crippen LogP) is 1.57. The molecule has 1 fully saturated rings. The molecule has 0 radical (unpaired) electrons. The van der Waals surface area contributed by atoms with Crippen molar-refractivity contribution in [1.82, 2.24) is 9.80 Å². The second-order valence-electron chi connectivity index (χ2n) is 5.35. The van der Waals surface area contributed by atoms with Gasteiger partial charge in [0, 0.05) is 25.7 Å². The minimum atomic E-state index is -0.162. The van der Waals surface area contributed by atoms with Gasteiger partial charge in [0.15, 0.2) is 0 Å². The van der Waals surface area contributed by atoms with Crippen molar-refractivity contribution in [2.75, 3.05) is 34.3 Å². The topological polar surface area (TPSA) is 53.0 Å². The van der Waals surface area contributed by atoms with E-state index < -0.39 is 0 Å². The summed E-state index contributed by atoms with van der Waals surface area (Å²) in [5.74, 6) is 0.337. The summed E-state index contributed by atoms with van der Waals surface area (Å²) >= 11 is 0. The summed E-state index contributed by atoms with van der Waals surface area (Å²) in [6.45, 7) is 1.77. The van der Waals surface area contributed by atoms with Crippen molar-refractivity contribution in [3.63, 3.8) is 0 Å². The number of methoxy groups -OCH3 is 1. The van der Waals surface area contributed by atoms with Crippen molar-refractivity contribution in [2.24, 2.45) is 0 Å². The Kier molecular flexibility index (Phi) is 4.49. The lowest BCUT2D eigenvalue weighted by Gasteiger charge is -2.26. The Hall–Kier alpha value is -1.75. The normalized spacial score (nSPS) is 19.1. The van der Waals surface area contributed by atoms with Crippen LogP contribution in [-0.2, 0) is 0 Å². The second kappa shape index (κ2) is 6.13. The molecule has 1 aliphatic rings. The van der Waals surface area contributed by atoms with Crippen molar-refractivity contribution in [3.8, 4) is 11.5 Å². The highest BCUT2D eigenvalue weighted by atomic mass is 16.5. The molecule has 1 atom stereocenters. The molecule has 5 nitrogen and oxygen atoms in total. The van der Waals surface area contributed by atoms with Gasteiger partial charge in [0.25, 0.3) is 5.91 Å². The van der Waals surface area contributed by atoms with E-state index in [1.54, 1.807) is 24.1 Å². The van der Waals surface area contributed by atoms with E-state index >= 15 is 0 Å². The summed E-state index contributed by atoms with van der Waals surface area (Å²) in [5, 5.41) is 9.92. The fourth-order valence-electron chi connectivity index (χ4n) is 2.63. The van der Waals surface area contributed by atoms with Gasteiger partial charge in [-0.2, -0.15) is 0 Å². The number of rotatable bonds is 4. The van der Waals surface area contributed by atoms with Gasteiger partial charge >= 0.3 is 0 Å². The lowest BCUT2D eigenvalue weighted by atomic mass is 10.1. The average Bonchev–Trinajstić information content (AvgIpc) is 2.83. The van der Waals surface area contributed by atoms with Crippen molar-refractivity contribution < 1.29 is 14.6 Å². The molecule has 0 bridgehead atoms. The second-order valence-corrected chi connectivity index (χ2v) is 5.35. The molecule has 0 spiro atoms. The van der Waals surface area contributed by atoms with Crippen LogP contribution in [0, 0.1) is 0 Å². The highest BCUT2D eigenvalue weighted by Gasteiger charge is 2.25. The molecule has 1 saturated heterocycles. The van der Waals surface area contributed by atoms with E-state index in [0.717, 1.165) is 13.0 Å². The van der Waals surface area contributed by atoms with Crippen molar-refractivity contribution in [2.45, 2.75) is 18.9 Å². The molecule has 20 heavy (non-hydrogen) atoms. The lowest BCUT2D eigenvalue weighted by Crippen LogP contribution is -2.39. The number of likely N-dealkylation sites (tertiary alicyclic amines) is 1. The van der Waals surface area contributed by atoms with Crippen LogP contribution in [0.25, 0.3) is 0 Å². The molecule has 0 aliphatic carbocycles. The van der Waals surface area contributed by atoms with Gasteiger partial charge in [0.1, 0.15) is 11.5 Å². The number of phenols is 1. The first-order valence-corrected chi connectivity index (χ1v) is 6.85. The highest BCUT2D eigenvalue weighted by Crippen LogP contribution is 2.25. The quantitative estimate of drug-likeness (QED) is 0.908. The van der Waals surface area contributed by atoms with Gasteiger partial charge < -0.3 is 19.6 Å². The monoisotopic (exact) mass is 278 g/mol. The first-order valence-electron chi connectivity index (χ1n) is 6.85. The number of phenolic OH excluding ortho intramolecular Hbond substituents is 1. The molecule has 0 aromatic heterocycles. The van der Waals surface area contributed by atoms with E-state index in [1.807, 2.05) is 0 Å². The summed E-state index contributed by atoms with van der Waals surface area (Å²) in [6, 6.07) is 5.15. The maximum absolute atomic E-state index is 12.4. The maximum atomic E-state index is 12.4. The molecule has 1 aliphatic heterocycles. The highest BCUT2D eigenvalue weighted by molar-refractivity contribution is 5.96. The predicted molar refractivity (Wildman–Crippen MR) is 77.3 cm³/mol. The van der Waals surface area contributed by atoms with Gasteiger partial charge in [-0.05, 0) is 38.6 Å². The minimum absolute atomic E-state index is 0.0408. The van der Waals surface area contributed by atoms with Crippen molar-refractivity contribution in [1.29, 1.82) is 0 Å². The SMILES string of the molecule is COc1ccc(C(=O)N(C)CC2CCCN2C)c(O)c1. The number of ether oxygens (including phenoxy) is 1. The molecule has 1 aromatic rings. The molecule has 0 saturated carbocycles. The number of likely N-dealkylation sites (N-methyl/N-ethyl adjacent to an activating group) is 2. The lowest BCUT2D eigenvalue weighted by molar-refractivity contribution is 0.0758. The summed E-state index contributed by atoms with van der Waals surface area (Å²) in [6.07, 6.45) is 2.29. The first kappa shape index (κ1) is 14.7. The zero-order chi connectivity index (χ0) is 14.7. The maximum Gasteiger partial charge on any atom is 0.257 e. The van der Waals surface area contributed by atoms with E-state index in [0.29, 0.717) is 23.9 Å². The molecule has 1 unspecified atom stereocenters. The summed E-state index contributed by atoms with van der Waals surface area (Å²) in [7, 11) is 5.39. The Morgan fingerprint density at radius 3 is 2.85 bits per heavy atom. The van der Waals surface area contributed by atoms with E-state index in [2.05, 4.69) is 11.9 Å². The molecule has 110 valence electrons. The van der Waals surface area contributed by atoms with Crippen molar-refractivity contribution in [3.05, 3.63) is 23.8 Å². The molecule has 1 aromatic carbocycles. The molecular formula is C15H22N2O3. The molecular weight excluding hydrogens is 256 g/mol. The Balaban J connectivity index is 2.06. The molecule has 2 rings (SSSR count). The van der Waals surface area contributed by atoms with Crippen LogP contribution in [0.15, 0.2) is 18.2 Å². The van der Waals surface area contributed by atoms with Crippen molar-refractivity contribution >= 4 is 5.91 Å². The van der Waals surface area contributed by atoms with Gasteiger partial charge in [-0.1, -0.05) is 0 Å². The van der Waals surface area contributed by atoms with Gasteiger partial charge in [-0.25, -0.2) is 0 Å². The van der Waals surface area contributed by atoms with Crippen LogP contribution in [0.2, 0.25) is 0 Å². The van der Waals surface area contributed by atoms with Crippen LogP contribution in [0.4, 0.5) is 0 Å². The number of amides is 1. The van der Waals surface area contributed by atoms with Gasteiger partial charge in [0.2, 0.25) is 0 Å². The minimum Gasteiger partial charge on any atom is -0.507 e. The third-order valence-electron chi connectivity index (χ3n) is 3.94. The van der Waals surface area contributed by atoms with Crippen LogP contribution < -0.4 is 4.74 Å². The number of nitrogens with zero attached hydrogens (tertiary/aromatic N) is 2. The fraction of sp³-hybridized carbons (Fsp3) is 0.533. The number of benzene rings is 1. The Bertz CT molecular complexity index is 490. The van der Waals surface area contributed by atoms with E-state index in [1.165, 1.54) is 19.6 Å². The van der Waals surface area contributed by atoms with Crippen LogP contribution >= 0.6 is 0 Å². The smallest absolute Gasteiger partial charge is 0.257 e. The number of aromatic hydroxyl groups is 1. The van der Waals surface area contributed by atoms with Crippen LogP contribution in [0.1, 0.15) is 23.2 Å². The number of hydrogen-bond donors (Lipinski definition) is 1. The molecule has 5 heteroatoms. The van der Waals surface area contributed by atoms with Gasteiger partial charge in [-0.3, -0.25) is 4.79 Å². The largest absolute Gasteiger partial charge is 0.507 e. The Morgan fingerprint density at radius 1 is 1.55 bits per heavy atom. The van der Waals surface area contributed by atoms with Crippen LogP contribution in [0.5, 0.6) is 11.5 Å². The average molecular weight is 278 g/mol. The number of hydrogen-bond acceptors (Lipinski definition) is 4. The standard InChI is InChI=1S/C15H22N2O3/c1-16-8-4-5-11(16)10-17(2)15(19)13-7-6-12(20-3)9-14(13)18/h6-7,9,11,18H,4-5,8,10H2,1-3H3. The van der Waals surface area contributed by atoms with E-state index in [-0.39, 0.29) is 11.7 Å². The molecule has 1 N–H and O–H groups in total. The zero-order valence-corrected chi connectivity index (χ0v) is 12.3. The third-order valence-corrected chi connectivity index (χ3v) is 3.94. The number of carbonyl (C=O) groups is 1. The van der Waals surface area contributed by atoms with E-state index in [9.17, 15) is 9.90 Å². The Labute approximate surface area is 119 Å². The zero-order valence-electron chi connectivity index (χ0n) is 12.3. The first-order chi connectivity index (χ1) is 9.52. The van der Waals surface area contributed by atoms with Crippen LogP contribution in [-0.4, -0.2) is 61.2 Å². The third kappa shape index (κ3) is 3.04. The Morgan fingerprint density at radius 2 is 2.30 bits per heavy atom. The fourth-order valence-corrected chi connectivity index (χ4v) is 2.63. The van der Waals surface area contributed by atoms with E-state index in [4.69, 9.17) is 4.74 Å². The van der Waals surface area contributed by atoms with Gasteiger partial charge in [0.05, 0.1) is 12.7 Å².